The van der Waals surface area contributed by atoms with E-state index in [4.69, 9.17) is 17.3 Å². The molecule has 1 amide bonds. The third kappa shape index (κ3) is 2.86. The quantitative estimate of drug-likeness (QED) is 0.516. The number of nitro groups is 1. The Balaban J connectivity index is 2.28. The van der Waals surface area contributed by atoms with E-state index in [1.165, 1.54) is 36.4 Å². The maximum absolute atomic E-state index is 12.0. The summed E-state index contributed by atoms with van der Waals surface area (Å²) in [5.41, 5.74) is 6.09. The van der Waals surface area contributed by atoms with Gasteiger partial charge in [0.2, 0.25) is 0 Å². The number of nitrogens with one attached hydrogen (secondary N) is 1. The highest BCUT2D eigenvalue weighted by molar-refractivity contribution is 6.33. The summed E-state index contributed by atoms with van der Waals surface area (Å²) in [6.07, 6.45) is 0. The summed E-state index contributed by atoms with van der Waals surface area (Å²) in [5, 5.41) is 13.7. The van der Waals surface area contributed by atoms with E-state index >= 15 is 0 Å². The number of carbonyl (C=O) groups excluding carboxylic acids is 1. The van der Waals surface area contributed by atoms with Crippen molar-refractivity contribution in [2.24, 2.45) is 0 Å². The molecule has 0 radical (unpaired) electrons. The molecule has 0 fully saturated rings. The lowest BCUT2D eigenvalue weighted by molar-refractivity contribution is -0.383. The number of nitro benzene ring substituents is 1. The van der Waals surface area contributed by atoms with Gasteiger partial charge in [0.15, 0.2) is 0 Å². The SMILES string of the molecule is Nc1cc(C(=O)Nc2ccccc2[N+](=O)[O-])ccc1Cl. The van der Waals surface area contributed by atoms with E-state index in [-0.39, 0.29) is 22.6 Å². The first-order chi connectivity index (χ1) is 9.49. The highest BCUT2D eigenvalue weighted by Gasteiger charge is 2.16. The number of halogens is 1. The predicted octanol–water partition coefficient (Wildman–Crippen LogP) is 3.08. The minimum absolute atomic E-state index is 0.121. The average molecular weight is 292 g/mol. The maximum Gasteiger partial charge on any atom is 0.292 e. The molecule has 0 aliphatic rings. The molecule has 0 saturated heterocycles. The van der Waals surface area contributed by atoms with Crippen LogP contribution in [0.3, 0.4) is 0 Å². The number of nitrogen functional groups attached to an aromatic ring is 1. The summed E-state index contributed by atoms with van der Waals surface area (Å²) in [6, 6.07) is 10.3. The van der Waals surface area contributed by atoms with Crippen molar-refractivity contribution in [3.8, 4) is 0 Å². The Morgan fingerprint density at radius 1 is 1.25 bits per heavy atom. The predicted molar refractivity (Wildman–Crippen MR) is 76.9 cm³/mol. The fourth-order valence-corrected chi connectivity index (χ4v) is 1.74. The van der Waals surface area contributed by atoms with Crippen molar-refractivity contribution in [3.05, 3.63) is 63.2 Å². The van der Waals surface area contributed by atoms with Crippen LogP contribution in [0.15, 0.2) is 42.5 Å². The average Bonchev–Trinajstić information content (AvgIpc) is 2.42. The molecule has 3 N–H and O–H groups in total. The summed E-state index contributed by atoms with van der Waals surface area (Å²) < 4.78 is 0. The number of hydrogen-bond donors (Lipinski definition) is 2. The van der Waals surface area contributed by atoms with Crippen molar-refractivity contribution < 1.29 is 9.72 Å². The second-order valence-corrected chi connectivity index (χ2v) is 4.37. The molecule has 0 saturated carbocycles. The Morgan fingerprint density at radius 3 is 2.60 bits per heavy atom. The lowest BCUT2D eigenvalue weighted by Gasteiger charge is -2.07. The molecule has 20 heavy (non-hydrogen) atoms. The third-order valence-electron chi connectivity index (χ3n) is 2.61. The summed E-state index contributed by atoms with van der Waals surface area (Å²) in [4.78, 5) is 22.3. The molecule has 0 unspecified atom stereocenters. The first kappa shape index (κ1) is 13.8. The summed E-state index contributed by atoms with van der Waals surface area (Å²) in [6.45, 7) is 0. The minimum Gasteiger partial charge on any atom is -0.398 e. The Kier molecular flexibility index (Phi) is 3.86. The molecule has 0 aliphatic carbocycles. The normalized spacial score (nSPS) is 10.1. The number of carbonyl (C=O) groups is 1. The number of para-hydroxylation sites is 2. The molecule has 0 spiro atoms. The van der Waals surface area contributed by atoms with Crippen LogP contribution in [0.4, 0.5) is 17.1 Å². The Bertz CT molecular complexity index is 688. The van der Waals surface area contributed by atoms with E-state index < -0.39 is 10.8 Å². The van der Waals surface area contributed by atoms with Gasteiger partial charge in [0, 0.05) is 11.6 Å². The number of hydrogen-bond acceptors (Lipinski definition) is 4. The van der Waals surface area contributed by atoms with Crippen LogP contribution in [0, 0.1) is 10.1 Å². The van der Waals surface area contributed by atoms with Gasteiger partial charge in [0.25, 0.3) is 11.6 Å². The van der Waals surface area contributed by atoms with Gasteiger partial charge in [-0.1, -0.05) is 23.7 Å². The number of nitrogens with zero attached hydrogens (tertiary/aromatic N) is 1. The molecule has 2 aromatic carbocycles. The minimum atomic E-state index is -0.564. The van der Waals surface area contributed by atoms with Gasteiger partial charge in [-0.25, -0.2) is 0 Å². The van der Waals surface area contributed by atoms with Gasteiger partial charge in [0.1, 0.15) is 5.69 Å². The van der Waals surface area contributed by atoms with E-state index in [0.717, 1.165) is 0 Å². The van der Waals surface area contributed by atoms with E-state index in [0.29, 0.717) is 5.02 Å². The second kappa shape index (κ2) is 5.58. The second-order valence-electron chi connectivity index (χ2n) is 3.96. The van der Waals surface area contributed by atoms with Gasteiger partial charge < -0.3 is 11.1 Å². The molecule has 0 aromatic heterocycles. The first-order valence-corrected chi connectivity index (χ1v) is 5.96. The van der Waals surface area contributed by atoms with Crippen molar-refractivity contribution in [2.45, 2.75) is 0 Å². The lowest BCUT2D eigenvalue weighted by Crippen LogP contribution is -2.13. The molecule has 7 heteroatoms. The van der Waals surface area contributed by atoms with E-state index in [1.54, 1.807) is 6.07 Å². The van der Waals surface area contributed by atoms with Crippen LogP contribution in [0.5, 0.6) is 0 Å². The Labute approximate surface area is 119 Å². The standard InChI is InChI=1S/C13H10ClN3O3/c14-9-6-5-8(7-10(9)15)13(18)16-11-3-1-2-4-12(11)17(19)20/h1-7H,15H2,(H,16,18). The molecule has 2 aromatic rings. The van der Waals surface area contributed by atoms with Crippen LogP contribution < -0.4 is 11.1 Å². The van der Waals surface area contributed by atoms with Crippen LogP contribution in [0.1, 0.15) is 10.4 Å². The molecule has 0 bridgehead atoms. The van der Waals surface area contributed by atoms with Crippen molar-refractivity contribution in [2.75, 3.05) is 11.1 Å². The van der Waals surface area contributed by atoms with E-state index in [1.807, 2.05) is 0 Å². The fraction of sp³-hybridized carbons (Fsp3) is 0. The Morgan fingerprint density at radius 2 is 1.95 bits per heavy atom. The van der Waals surface area contributed by atoms with Gasteiger partial charge in [-0.15, -0.1) is 0 Å². The van der Waals surface area contributed by atoms with Gasteiger partial charge in [-0.3, -0.25) is 14.9 Å². The highest BCUT2D eigenvalue weighted by Crippen LogP contribution is 2.25. The van der Waals surface area contributed by atoms with E-state index in [9.17, 15) is 14.9 Å². The van der Waals surface area contributed by atoms with Crippen LogP contribution >= 0.6 is 11.6 Å². The molecule has 6 nitrogen and oxygen atoms in total. The Hall–Kier alpha value is -2.60. The fourth-order valence-electron chi connectivity index (χ4n) is 1.62. The van der Waals surface area contributed by atoms with Crippen LogP contribution in [-0.2, 0) is 0 Å². The largest absolute Gasteiger partial charge is 0.398 e. The molecule has 0 aliphatic heterocycles. The molecular formula is C13H10ClN3O3. The van der Waals surface area contributed by atoms with Crippen molar-refractivity contribution in [1.29, 1.82) is 0 Å². The zero-order valence-electron chi connectivity index (χ0n) is 10.2. The first-order valence-electron chi connectivity index (χ1n) is 5.59. The van der Waals surface area contributed by atoms with Crippen molar-refractivity contribution in [1.82, 2.24) is 0 Å². The van der Waals surface area contributed by atoms with E-state index in [2.05, 4.69) is 5.32 Å². The van der Waals surface area contributed by atoms with Gasteiger partial charge in [-0.05, 0) is 24.3 Å². The summed E-state index contributed by atoms with van der Waals surface area (Å²) >= 11 is 5.77. The maximum atomic E-state index is 12.0. The van der Waals surface area contributed by atoms with Crippen molar-refractivity contribution >= 4 is 34.6 Å². The molecule has 0 atom stereocenters. The smallest absolute Gasteiger partial charge is 0.292 e. The molecular weight excluding hydrogens is 282 g/mol. The van der Waals surface area contributed by atoms with Gasteiger partial charge in [-0.2, -0.15) is 0 Å². The van der Waals surface area contributed by atoms with Gasteiger partial charge >= 0.3 is 0 Å². The third-order valence-corrected chi connectivity index (χ3v) is 2.95. The highest BCUT2D eigenvalue weighted by atomic mass is 35.5. The zero-order valence-corrected chi connectivity index (χ0v) is 10.9. The monoisotopic (exact) mass is 291 g/mol. The number of amides is 1. The van der Waals surface area contributed by atoms with Crippen LogP contribution in [-0.4, -0.2) is 10.8 Å². The lowest BCUT2D eigenvalue weighted by atomic mass is 10.2. The zero-order chi connectivity index (χ0) is 14.7. The number of rotatable bonds is 3. The number of anilines is 2. The summed E-state index contributed by atoms with van der Waals surface area (Å²) in [7, 11) is 0. The van der Waals surface area contributed by atoms with Crippen molar-refractivity contribution in [3.63, 3.8) is 0 Å². The molecule has 102 valence electrons. The van der Waals surface area contributed by atoms with Gasteiger partial charge in [0.05, 0.1) is 15.6 Å². The summed E-state index contributed by atoms with van der Waals surface area (Å²) in [5.74, 6) is -0.498. The topological polar surface area (TPSA) is 98.3 Å². The molecule has 2 rings (SSSR count). The number of nitrogens with two attached hydrogens (primary N) is 1. The number of benzene rings is 2. The molecule has 0 heterocycles. The van der Waals surface area contributed by atoms with Crippen LogP contribution in [0.2, 0.25) is 5.02 Å². The van der Waals surface area contributed by atoms with Crippen LogP contribution in [0.25, 0.3) is 0 Å².